The number of para-hydroxylation sites is 1. The van der Waals surface area contributed by atoms with Crippen molar-refractivity contribution in [3.05, 3.63) is 29.8 Å². The zero-order chi connectivity index (χ0) is 15.6. The molecule has 2 rings (SSSR count). The molecule has 0 saturated carbocycles. The molecule has 1 aromatic carbocycles. The van der Waals surface area contributed by atoms with Crippen LogP contribution in [-0.4, -0.2) is 52.9 Å². The van der Waals surface area contributed by atoms with Crippen LogP contribution >= 0.6 is 0 Å². The number of aliphatic hydroxyl groups is 1. The zero-order valence-corrected chi connectivity index (χ0v) is 11.4. The summed E-state index contributed by atoms with van der Waals surface area (Å²) in [4.78, 5) is 26.0. The number of aliphatic hydroxyl groups excluding tert-OH is 1. The molecule has 1 fully saturated rings. The van der Waals surface area contributed by atoms with Crippen LogP contribution in [0.15, 0.2) is 24.3 Å². The number of β-amino-alcohol motifs (C(OH)–C–C–N with tert-alkyl or cyclic N) is 1. The molecule has 1 unspecified atom stereocenters. The minimum Gasteiger partial charge on any atom is -0.480 e. The summed E-state index contributed by atoms with van der Waals surface area (Å²) in [5, 5.41) is 27.8. The van der Waals surface area contributed by atoms with Crippen molar-refractivity contribution < 1.29 is 19.8 Å². The molecule has 1 aliphatic rings. The second-order valence-corrected chi connectivity index (χ2v) is 4.87. The Kier molecular flexibility index (Phi) is 4.10. The van der Waals surface area contributed by atoms with E-state index in [1.807, 2.05) is 6.07 Å². The average molecular weight is 289 g/mol. The highest BCUT2D eigenvalue weighted by Gasteiger charge is 2.40. The molecule has 0 aliphatic carbocycles. The topological polar surface area (TPSA) is 105 Å². The van der Waals surface area contributed by atoms with Gasteiger partial charge in [-0.25, -0.2) is 9.59 Å². The molecular weight excluding hydrogens is 274 g/mol. The second kappa shape index (κ2) is 5.81. The van der Waals surface area contributed by atoms with Gasteiger partial charge in [0.05, 0.1) is 17.4 Å². The number of hydrogen-bond acceptors (Lipinski definition) is 4. The van der Waals surface area contributed by atoms with Crippen molar-refractivity contribution in [2.24, 2.45) is 0 Å². The third kappa shape index (κ3) is 2.80. The fourth-order valence-electron chi connectivity index (χ4n) is 2.42. The van der Waals surface area contributed by atoms with Crippen LogP contribution < -0.4 is 4.90 Å². The van der Waals surface area contributed by atoms with Gasteiger partial charge in [-0.3, -0.25) is 4.90 Å². The van der Waals surface area contributed by atoms with Gasteiger partial charge in [-0.15, -0.1) is 0 Å². The lowest BCUT2D eigenvalue weighted by Gasteiger charge is -2.27. The van der Waals surface area contributed by atoms with Crippen molar-refractivity contribution in [2.45, 2.75) is 18.6 Å². The van der Waals surface area contributed by atoms with Crippen LogP contribution in [0.4, 0.5) is 10.5 Å². The van der Waals surface area contributed by atoms with E-state index < -0.39 is 24.1 Å². The number of benzene rings is 1. The number of aliphatic carboxylic acids is 1. The summed E-state index contributed by atoms with van der Waals surface area (Å²) in [5.74, 6) is -1.15. The number of hydrogen-bond donors (Lipinski definition) is 2. The molecule has 7 heteroatoms. The van der Waals surface area contributed by atoms with Gasteiger partial charge in [0, 0.05) is 20.0 Å². The van der Waals surface area contributed by atoms with E-state index in [1.54, 1.807) is 24.3 Å². The van der Waals surface area contributed by atoms with E-state index in [0.717, 1.165) is 4.90 Å². The number of rotatable bonds is 2. The lowest BCUT2D eigenvalue weighted by molar-refractivity contribution is -0.141. The first-order valence-electron chi connectivity index (χ1n) is 6.40. The van der Waals surface area contributed by atoms with E-state index in [1.165, 1.54) is 11.9 Å². The second-order valence-electron chi connectivity index (χ2n) is 4.87. The van der Waals surface area contributed by atoms with Gasteiger partial charge in [0.2, 0.25) is 0 Å². The van der Waals surface area contributed by atoms with Gasteiger partial charge < -0.3 is 15.1 Å². The fourth-order valence-corrected chi connectivity index (χ4v) is 2.42. The Morgan fingerprint density at radius 3 is 2.71 bits per heavy atom. The molecule has 1 aliphatic heterocycles. The van der Waals surface area contributed by atoms with Gasteiger partial charge in [0.25, 0.3) is 0 Å². The lowest BCUT2D eigenvalue weighted by Crippen LogP contribution is -2.47. The van der Waals surface area contributed by atoms with Crippen molar-refractivity contribution in [1.82, 2.24) is 4.90 Å². The maximum Gasteiger partial charge on any atom is 0.326 e. The van der Waals surface area contributed by atoms with Gasteiger partial charge in [0.15, 0.2) is 0 Å². The third-order valence-corrected chi connectivity index (χ3v) is 3.48. The van der Waals surface area contributed by atoms with E-state index in [9.17, 15) is 14.7 Å². The number of carbonyl (C=O) groups excluding carboxylic acids is 1. The molecule has 0 aromatic heterocycles. The van der Waals surface area contributed by atoms with Crippen LogP contribution in [0.2, 0.25) is 0 Å². The summed E-state index contributed by atoms with van der Waals surface area (Å²) < 4.78 is 0. The molecule has 110 valence electrons. The summed E-state index contributed by atoms with van der Waals surface area (Å²) in [6, 6.07) is 6.94. The fraction of sp³-hybridized carbons (Fsp3) is 0.357. The molecule has 1 saturated heterocycles. The van der Waals surface area contributed by atoms with Gasteiger partial charge in [-0.1, -0.05) is 12.1 Å². The first kappa shape index (κ1) is 14.8. The summed E-state index contributed by atoms with van der Waals surface area (Å²) in [5.41, 5.74) is 0.718. The van der Waals surface area contributed by atoms with Crippen LogP contribution in [0.5, 0.6) is 0 Å². The van der Waals surface area contributed by atoms with Crippen LogP contribution in [-0.2, 0) is 4.79 Å². The quantitative estimate of drug-likeness (QED) is 0.831. The van der Waals surface area contributed by atoms with E-state index in [2.05, 4.69) is 0 Å². The molecule has 0 radical (unpaired) electrons. The zero-order valence-electron chi connectivity index (χ0n) is 11.4. The monoisotopic (exact) mass is 289 g/mol. The molecule has 1 aromatic rings. The molecule has 2 N–H and O–H groups in total. The number of anilines is 1. The Hall–Kier alpha value is -2.59. The van der Waals surface area contributed by atoms with Gasteiger partial charge in [0.1, 0.15) is 12.1 Å². The number of carboxylic acid groups (broad SMARTS) is 1. The number of nitrogens with zero attached hydrogens (tertiary/aromatic N) is 3. The van der Waals surface area contributed by atoms with Crippen LogP contribution in [0.1, 0.15) is 12.0 Å². The lowest BCUT2D eigenvalue weighted by atomic mass is 10.2. The standard InChI is InChI=1S/C14H15N3O4/c1-16(11-5-3-2-4-9(11)7-15)14(21)17-8-10(18)6-12(17)13(19)20/h2-5,10,12,18H,6,8H2,1H3,(H,19,20)/t10?,12-/m0/s1. The summed E-state index contributed by atoms with van der Waals surface area (Å²) in [6.07, 6.45) is -0.843. The minimum atomic E-state index is -1.15. The van der Waals surface area contributed by atoms with Crippen molar-refractivity contribution in [3.8, 4) is 6.07 Å². The Bertz CT molecular complexity index is 610. The van der Waals surface area contributed by atoms with E-state index in [0.29, 0.717) is 11.3 Å². The molecule has 7 nitrogen and oxygen atoms in total. The highest BCUT2D eigenvalue weighted by molar-refractivity contribution is 5.95. The number of nitriles is 1. The predicted octanol–water partition coefficient (Wildman–Crippen LogP) is 0.634. The molecule has 21 heavy (non-hydrogen) atoms. The predicted molar refractivity (Wildman–Crippen MR) is 73.7 cm³/mol. The van der Waals surface area contributed by atoms with Crippen LogP contribution in [0.25, 0.3) is 0 Å². The summed E-state index contributed by atoms with van der Waals surface area (Å²) in [6.45, 7) is -0.0329. The Morgan fingerprint density at radius 2 is 2.10 bits per heavy atom. The Labute approximate surface area is 121 Å². The first-order chi connectivity index (χ1) is 9.95. The van der Waals surface area contributed by atoms with Crippen molar-refractivity contribution in [1.29, 1.82) is 5.26 Å². The Balaban J connectivity index is 2.27. The van der Waals surface area contributed by atoms with E-state index in [4.69, 9.17) is 10.4 Å². The highest BCUT2D eigenvalue weighted by atomic mass is 16.4. The summed E-state index contributed by atoms with van der Waals surface area (Å²) in [7, 11) is 1.47. The number of carboxylic acids is 1. The highest BCUT2D eigenvalue weighted by Crippen LogP contribution is 2.24. The van der Waals surface area contributed by atoms with Gasteiger partial charge in [-0.2, -0.15) is 5.26 Å². The first-order valence-corrected chi connectivity index (χ1v) is 6.40. The van der Waals surface area contributed by atoms with Crippen molar-refractivity contribution in [2.75, 3.05) is 18.5 Å². The maximum absolute atomic E-state index is 12.4. The SMILES string of the molecule is CN(C(=O)N1CC(O)C[C@H]1C(=O)O)c1ccccc1C#N. The normalized spacial score (nSPS) is 20.9. The van der Waals surface area contributed by atoms with Crippen LogP contribution in [0, 0.1) is 11.3 Å². The molecule has 0 bridgehead atoms. The summed E-state index contributed by atoms with van der Waals surface area (Å²) >= 11 is 0. The number of amides is 2. The number of likely N-dealkylation sites (tertiary alicyclic amines) is 1. The van der Waals surface area contributed by atoms with E-state index in [-0.39, 0.29) is 13.0 Å². The average Bonchev–Trinajstić information content (AvgIpc) is 2.88. The number of urea groups is 1. The van der Waals surface area contributed by atoms with Crippen LogP contribution in [0.3, 0.4) is 0 Å². The molecule has 2 atom stereocenters. The maximum atomic E-state index is 12.4. The third-order valence-electron chi connectivity index (χ3n) is 3.48. The van der Waals surface area contributed by atoms with E-state index >= 15 is 0 Å². The molecule has 0 spiro atoms. The smallest absolute Gasteiger partial charge is 0.326 e. The number of carbonyl (C=O) groups is 2. The Morgan fingerprint density at radius 1 is 1.43 bits per heavy atom. The van der Waals surface area contributed by atoms with Gasteiger partial charge in [-0.05, 0) is 12.1 Å². The molecule has 2 amide bonds. The minimum absolute atomic E-state index is 0.00874. The largest absolute Gasteiger partial charge is 0.480 e. The molecule has 1 heterocycles. The molecular formula is C14H15N3O4. The van der Waals surface area contributed by atoms with Crippen molar-refractivity contribution >= 4 is 17.7 Å². The van der Waals surface area contributed by atoms with Crippen molar-refractivity contribution in [3.63, 3.8) is 0 Å². The van der Waals surface area contributed by atoms with Gasteiger partial charge >= 0.3 is 12.0 Å².